The van der Waals surface area contributed by atoms with Gasteiger partial charge >= 0.3 is 0 Å². The summed E-state index contributed by atoms with van der Waals surface area (Å²) in [6.07, 6.45) is 0.919. The van der Waals surface area contributed by atoms with Gasteiger partial charge in [0.1, 0.15) is 0 Å². The second-order valence-corrected chi connectivity index (χ2v) is 5.92. The van der Waals surface area contributed by atoms with Gasteiger partial charge in [-0.2, -0.15) is 0 Å². The van der Waals surface area contributed by atoms with Crippen LogP contribution in [0.5, 0.6) is 0 Å². The zero-order valence-electron chi connectivity index (χ0n) is 14.4. The van der Waals surface area contributed by atoms with Gasteiger partial charge in [-0.15, -0.1) is 0 Å². The van der Waals surface area contributed by atoms with Gasteiger partial charge < -0.3 is 10.6 Å². The van der Waals surface area contributed by atoms with Gasteiger partial charge in [-0.05, 0) is 35.7 Å². The SMILES string of the molecule is CCC(C)C(C(=O)Nc1ccc(C(=O)NC)cc1)c1ccccc1. The molecule has 2 amide bonds. The van der Waals surface area contributed by atoms with Crippen LogP contribution in [0.1, 0.15) is 42.1 Å². The van der Waals surface area contributed by atoms with E-state index in [1.165, 1.54) is 0 Å². The van der Waals surface area contributed by atoms with Gasteiger partial charge in [0.2, 0.25) is 5.91 Å². The summed E-state index contributed by atoms with van der Waals surface area (Å²) >= 11 is 0. The Bertz CT molecular complexity index is 681. The molecule has 2 atom stereocenters. The fourth-order valence-corrected chi connectivity index (χ4v) is 2.70. The van der Waals surface area contributed by atoms with E-state index in [9.17, 15) is 9.59 Å². The van der Waals surface area contributed by atoms with Crippen molar-refractivity contribution in [1.29, 1.82) is 0 Å². The largest absolute Gasteiger partial charge is 0.355 e. The van der Waals surface area contributed by atoms with E-state index in [0.29, 0.717) is 11.3 Å². The predicted molar refractivity (Wildman–Crippen MR) is 97.1 cm³/mol. The molecule has 2 unspecified atom stereocenters. The van der Waals surface area contributed by atoms with Crippen LogP contribution in [0.3, 0.4) is 0 Å². The molecule has 0 aromatic heterocycles. The molecule has 126 valence electrons. The summed E-state index contributed by atoms with van der Waals surface area (Å²) in [5, 5.41) is 5.55. The van der Waals surface area contributed by atoms with Crippen LogP contribution in [-0.4, -0.2) is 18.9 Å². The van der Waals surface area contributed by atoms with Crippen molar-refractivity contribution >= 4 is 17.5 Å². The highest BCUT2D eigenvalue weighted by Gasteiger charge is 2.25. The Morgan fingerprint density at radius 2 is 1.62 bits per heavy atom. The molecule has 4 heteroatoms. The van der Waals surface area contributed by atoms with E-state index in [0.717, 1.165) is 12.0 Å². The number of anilines is 1. The Balaban J connectivity index is 2.17. The number of carbonyl (C=O) groups excluding carboxylic acids is 2. The lowest BCUT2D eigenvalue weighted by molar-refractivity contribution is -0.118. The highest BCUT2D eigenvalue weighted by molar-refractivity contribution is 5.97. The van der Waals surface area contributed by atoms with Gasteiger partial charge in [0.15, 0.2) is 0 Å². The second-order valence-electron chi connectivity index (χ2n) is 5.92. The van der Waals surface area contributed by atoms with E-state index >= 15 is 0 Å². The van der Waals surface area contributed by atoms with Crippen molar-refractivity contribution in [3.05, 3.63) is 65.7 Å². The van der Waals surface area contributed by atoms with Crippen LogP contribution in [0.4, 0.5) is 5.69 Å². The maximum Gasteiger partial charge on any atom is 0.251 e. The van der Waals surface area contributed by atoms with Gasteiger partial charge in [-0.1, -0.05) is 50.6 Å². The van der Waals surface area contributed by atoms with Crippen LogP contribution in [0, 0.1) is 5.92 Å². The van der Waals surface area contributed by atoms with Gasteiger partial charge in [0, 0.05) is 18.3 Å². The maximum atomic E-state index is 12.8. The highest BCUT2D eigenvalue weighted by atomic mass is 16.2. The molecule has 0 aliphatic rings. The minimum Gasteiger partial charge on any atom is -0.355 e. The monoisotopic (exact) mass is 324 g/mol. The first-order valence-corrected chi connectivity index (χ1v) is 8.24. The van der Waals surface area contributed by atoms with Crippen molar-refractivity contribution in [3.8, 4) is 0 Å². The van der Waals surface area contributed by atoms with Gasteiger partial charge in [0.25, 0.3) is 5.91 Å². The number of nitrogens with one attached hydrogen (secondary N) is 2. The normalized spacial score (nSPS) is 13.0. The number of rotatable bonds is 6. The third kappa shape index (κ3) is 4.22. The molecule has 0 aliphatic carbocycles. The van der Waals surface area contributed by atoms with Crippen molar-refractivity contribution in [1.82, 2.24) is 5.32 Å². The average molecular weight is 324 g/mol. The van der Waals surface area contributed by atoms with Crippen LogP contribution >= 0.6 is 0 Å². The van der Waals surface area contributed by atoms with Crippen molar-refractivity contribution in [2.45, 2.75) is 26.2 Å². The molecule has 0 aliphatic heterocycles. The smallest absolute Gasteiger partial charge is 0.251 e. The summed E-state index contributed by atoms with van der Waals surface area (Å²) in [5.41, 5.74) is 2.28. The maximum absolute atomic E-state index is 12.8. The van der Waals surface area contributed by atoms with Gasteiger partial charge in [-0.3, -0.25) is 9.59 Å². The molecule has 2 aromatic rings. The van der Waals surface area contributed by atoms with E-state index in [1.807, 2.05) is 30.3 Å². The number of benzene rings is 2. The van der Waals surface area contributed by atoms with Crippen molar-refractivity contribution in [3.63, 3.8) is 0 Å². The number of hydrogen-bond acceptors (Lipinski definition) is 2. The molecule has 4 nitrogen and oxygen atoms in total. The predicted octanol–water partition coefficient (Wildman–Crippen LogP) is 3.81. The first-order valence-electron chi connectivity index (χ1n) is 8.24. The number of carbonyl (C=O) groups is 2. The molecular weight excluding hydrogens is 300 g/mol. The zero-order valence-corrected chi connectivity index (χ0v) is 14.4. The quantitative estimate of drug-likeness (QED) is 0.849. The lowest BCUT2D eigenvalue weighted by Crippen LogP contribution is -2.26. The molecule has 0 saturated heterocycles. The molecule has 24 heavy (non-hydrogen) atoms. The molecule has 0 heterocycles. The van der Waals surface area contributed by atoms with Crippen molar-refractivity contribution < 1.29 is 9.59 Å². The highest BCUT2D eigenvalue weighted by Crippen LogP contribution is 2.28. The molecule has 2 aromatic carbocycles. The average Bonchev–Trinajstić information content (AvgIpc) is 2.62. The molecule has 0 radical (unpaired) electrons. The molecule has 0 spiro atoms. The summed E-state index contributed by atoms with van der Waals surface area (Å²) in [6.45, 7) is 4.18. The summed E-state index contributed by atoms with van der Waals surface area (Å²) < 4.78 is 0. The standard InChI is InChI=1S/C20H24N2O2/c1-4-14(2)18(15-8-6-5-7-9-15)20(24)22-17-12-10-16(11-13-17)19(23)21-3/h5-14,18H,4H2,1-3H3,(H,21,23)(H,22,24). The summed E-state index contributed by atoms with van der Waals surface area (Å²) in [6, 6.07) is 16.8. The fraction of sp³-hybridized carbons (Fsp3) is 0.300. The molecular formula is C20H24N2O2. The Labute approximate surface area is 143 Å². The minimum atomic E-state index is -0.199. The number of hydrogen-bond donors (Lipinski definition) is 2. The third-order valence-electron chi connectivity index (χ3n) is 4.30. The molecule has 0 fully saturated rings. The lowest BCUT2D eigenvalue weighted by Gasteiger charge is -2.23. The third-order valence-corrected chi connectivity index (χ3v) is 4.30. The molecule has 0 bridgehead atoms. The zero-order chi connectivity index (χ0) is 17.5. The summed E-state index contributed by atoms with van der Waals surface area (Å²) in [4.78, 5) is 24.4. The van der Waals surface area contributed by atoms with Gasteiger partial charge in [0.05, 0.1) is 5.92 Å². The van der Waals surface area contributed by atoms with Crippen LogP contribution in [0.25, 0.3) is 0 Å². The molecule has 0 saturated carbocycles. The van der Waals surface area contributed by atoms with Crippen molar-refractivity contribution in [2.24, 2.45) is 5.92 Å². The summed E-state index contributed by atoms with van der Waals surface area (Å²) in [7, 11) is 1.59. The van der Waals surface area contributed by atoms with Crippen LogP contribution in [0.15, 0.2) is 54.6 Å². The Morgan fingerprint density at radius 3 is 2.17 bits per heavy atom. The Hall–Kier alpha value is -2.62. The summed E-state index contributed by atoms with van der Waals surface area (Å²) in [5.74, 6) is -0.134. The lowest BCUT2D eigenvalue weighted by atomic mass is 9.85. The molecule has 2 rings (SSSR count). The topological polar surface area (TPSA) is 58.2 Å². The van der Waals surface area contributed by atoms with Crippen molar-refractivity contribution in [2.75, 3.05) is 12.4 Å². The van der Waals surface area contributed by atoms with Crippen LogP contribution < -0.4 is 10.6 Å². The second kappa shape index (κ2) is 8.29. The van der Waals surface area contributed by atoms with E-state index < -0.39 is 0 Å². The van der Waals surface area contributed by atoms with E-state index in [4.69, 9.17) is 0 Å². The minimum absolute atomic E-state index is 0.0248. The van der Waals surface area contributed by atoms with Gasteiger partial charge in [-0.25, -0.2) is 0 Å². The van der Waals surface area contributed by atoms with E-state index in [1.54, 1.807) is 31.3 Å². The molecule has 2 N–H and O–H groups in total. The Kier molecular flexibility index (Phi) is 6.13. The van der Waals surface area contributed by atoms with Crippen LogP contribution in [0.2, 0.25) is 0 Å². The fourth-order valence-electron chi connectivity index (χ4n) is 2.70. The first kappa shape index (κ1) is 17.7. The Morgan fingerprint density at radius 1 is 1.00 bits per heavy atom. The van der Waals surface area contributed by atoms with Crippen LogP contribution in [-0.2, 0) is 4.79 Å². The number of amides is 2. The van der Waals surface area contributed by atoms with E-state index in [2.05, 4.69) is 24.5 Å². The van der Waals surface area contributed by atoms with E-state index in [-0.39, 0.29) is 23.7 Å². The first-order chi connectivity index (χ1) is 11.6.